The molecule has 1 fully saturated rings. The van der Waals surface area contributed by atoms with E-state index in [9.17, 15) is 4.79 Å². The van der Waals surface area contributed by atoms with E-state index in [1.807, 2.05) is 11.0 Å². The lowest BCUT2D eigenvalue weighted by Crippen LogP contribution is -2.37. The number of nitrogens with zero attached hydrogens (tertiary/aromatic N) is 3. The Morgan fingerprint density at radius 1 is 1.50 bits per heavy atom. The van der Waals surface area contributed by atoms with Gasteiger partial charge in [-0.25, -0.2) is 14.8 Å². The highest BCUT2D eigenvalue weighted by molar-refractivity contribution is 5.80. The smallest absolute Gasteiger partial charge is 0.328 e. The Hall–Kier alpha value is -1.65. The van der Waals surface area contributed by atoms with Crippen LogP contribution in [0, 0.1) is 0 Å². The molecular weight excluding hydrogens is 230 g/mol. The molecule has 0 spiro atoms. The summed E-state index contributed by atoms with van der Waals surface area (Å²) in [6.45, 7) is 5.02. The van der Waals surface area contributed by atoms with E-state index in [-0.39, 0.29) is 12.0 Å². The van der Waals surface area contributed by atoms with Crippen molar-refractivity contribution in [1.82, 2.24) is 9.97 Å². The van der Waals surface area contributed by atoms with Crippen LogP contribution in [0.2, 0.25) is 0 Å². The van der Waals surface area contributed by atoms with Gasteiger partial charge in [0, 0.05) is 18.3 Å². The molecule has 0 bridgehead atoms. The minimum atomic E-state index is -0.204. The van der Waals surface area contributed by atoms with Crippen LogP contribution in [0.1, 0.15) is 38.3 Å². The molecule has 1 aliphatic heterocycles. The number of anilines is 1. The molecule has 0 aromatic carbocycles. The molecule has 0 saturated carbocycles. The minimum Gasteiger partial charge on any atom is -0.467 e. The van der Waals surface area contributed by atoms with Crippen molar-refractivity contribution >= 4 is 11.8 Å². The molecule has 0 amide bonds. The van der Waals surface area contributed by atoms with E-state index in [2.05, 4.69) is 23.8 Å². The van der Waals surface area contributed by atoms with E-state index >= 15 is 0 Å². The third-order valence-electron chi connectivity index (χ3n) is 3.29. The van der Waals surface area contributed by atoms with Gasteiger partial charge in [-0.05, 0) is 18.8 Å². The number of hydrogen-bond acceptors (Lipinski definition) is 5. The third-order valence-corrected chi connectivity index (χ3v) is 3.29. The number of methoxy groups -OCH3 is 1. The van der Waals surface area contributed by atoms with Gasteiger partial charge in [-0.3, -0.25) is 0 Å². The van der Waals surface area contributed by atoms with Crippen molar-refractivity contribution in [3.05, 3.63) is 18.1 Å². The SMILES string of the molecule is COC(=O)C1CCCN1c1cc(C(C)C)ncn1. The maximum Gasteiger partial charge on any atom is 0.328 e. The van der Waals surface area contributed by atoms with E-state index in [1.165, 1.54) is 7.11 Å². The number of carbonyl (C=O) groups is 1. The van der Waals surface area contributed by atoms with Crippen molar-refractivity contribution in [2.24, 2.45) is 0 Å². The van der Waals surface area contributed by atoms with Crippen LogP contribution in [0.5, 0.6) is 0 Å². The predicted molar refractivity (Wildman–Crippen MR) is 68.5 cm³/mol. The van der Waals surface area contributed by atoms with Gasteiger partial charge in [0.25, 0.3) is 0 Å². The van der Waals surface area contributed by atoms with Crippen LogP contribution in [-0.2, 0) is 9.53 Å². The van der Waals surface area contributed by atoms with E-state index < -0.39 is 0 Å². The van der Waals surface area contributed by atoms with E-state index in [0.29, 0.717) is 5.92 Å². The Bertz CT molecular complexity index is 434. The zero-order chi connectivity index (χ0) is 13.1. The van der Waals surface area contributed by atoms with Crippen LogP contribution >= 0.6 is 0 Å². The van der Waals surface area contributed by atoms with Crippen molar-refractivity contribution < 1.29 is 9.53 Å². The average molecular weight is 249 g/mol. The molecule has 1 aromatic rings. The van der Waals surface area contributed by atoms with E-state index in [1.54, 1.807) is 6.33 Å². The van der Waals surface area contributed by atoms with E-state index in [0.717, 1.165) is 30.9 Å². The van der Waals surface area contributed by atoms with Crippen LogP contribution < -0.4 is 4.90 Å². The monoisotopic (exact) mass is 249 g/mol. The summed E-state index contributed by atoms with van der Waals surface area (Å²) in [5.74, 6) is 0.990. The van der Waals surface area contributed by atoms with Crippen molar-refractivity contribution in [1.29, 1.82) is 0 Å². The van der Waals surface area contributed by atoms with Crippen molar-refractivity contribution in [3.8, 4) is 0 Å². The minimum absolute atomic E-state index is 0.183. The second-order valence-electron chi connectivity index (χ2n) is 4.83. The summed E-state index contributed by atoms with van der Waals surface area (Å²) in [5.41, 5.74) is 0.996. The fourth-order valence-corrected chi connectivity index (χ4v) is 2.26. The fraction of sp³-hybridized carbons (Fsp3) is 0.615. The molecule has 2 heterocycles. The van der Waals surface area contributed by atoms with Crippen LogP contribution in [0.25, 0.3) is 0 Å². The summed E-state index contributed by atoms with van der Waals surface area (Å²) in [6, 6.07) is 1.76. The zero-order valence-corrected chi connectivity index (χ0v) is 11.1. The number of hydrogen-bond donors (Lipinski definition) is 0. The van der Waals surface area contributed by atoms with Gasteiger partial charge in [0.15, 0.2) is 0 Å². The molecule has 18 heavy (non-hydrogen) atoms. The molecule has 1 aromatic heterocycles. The quantitative estimate of drug-likeness (QED) is 0.764. The molecule has 0 N–H and O–H groups in total. The van der Waals surface area contributed by atoms with Crippen molar-refractivity contribution in [2.45, 2.75) is 38.6 Å². The average Bonchev–Trinajstić information content (AvgIpc) is 2.87. The molecule has 0 aliphatic carbocycles. The van der Waals surface area contributed by atoms with Gasteiger partial charge in [-0.15, -0.1) is 0 Å². The Labute approximate surface area is 107 Å². The van der Waals surface area contributed by atoms with Crippen molar-refractivity contribution in [3.63, 3.8) is 0 Å². The van der Waals surface area contributed by atoms with Gasteiger partial charge in [0.1, 0.15) is 18.2 Å². The second-order valence-corrected chi connectivity index (χ2v) is 4.83. The first kappa shape index (κ1) is 12.8. The summed E-state index contributed by atoms with van der Waals surface area (Å²) in [7, 11) is 1.43. The van der Waals surface area contributed by atoms with Crippen molar-refractivity contribution in [2.75, 3.05) is 18.6 Å². The zero-order valence-electron chi connectivity index (χ0n) is 11.1. The highest BCUT2D eigenvalue weighted by atomic mass is 16.5. The Kier molecular flexibility index (Phi) is 3.79. The number of rotatable bonds is 3. The molecule has 5 nitrogen and oxygen atoms in total. The number of carbonyl (C=O) groups excluding carboxylic acids is 1. The lowest BCUT2D eigenvalue weighted by Gasteiger charge is -2.24. The normalized spacial score (nSPS) is 19.3. The molecule has 98 valence electrons. The van der Waals surface area contributed by atoms with Gasteiger partial charge in [0.2, 0.25) is 0 Å². The van der Waals surface area contributed by atoms with Crippen LogP contribution in [-0.4, -0.2) is 35.6 Å². The molecule has 1 saturated heterocycles. The predicted octanol–water partition coefficient (Wildman–Crippen LogP) is 1.74. The molecule has 1 unspecified atom stereocenters. The summed E-state index contributed by atoms with van der Waals surface area (Å²) in [4.78, 5) is 22.2. The van der Waals surface area contributed by atoms with Gasteiger partial charge >= 0.3 is 5.97 Å². The molecule has 1 atom stereocenters. The summed E-state index contributed by atoms with van der Waals surface area (Å²) < 4.78 is 4.84. The Balaban J connectivity index is 2.24. The van der Waals surface area contributed by atoms with Gasteiger partial charge in [0.05, 0.1) is 7.11 Å². The lowest BCUT2D eigenvalue weighted by atomic mass is 10.1. The Morgan fingerprint density at radius 2 is 2.28 bits per heavy atom. The second kappa shape index (κ2) is 5.33. The first-order chi connectivity index (χ1) is 8.63. The molecule has 5 heteroatoms. The standard InChI is InChI=1S/C13H19N3O2/c1-9(2)10-7-12(15-8-14-10)16-6-4-5-11(16)13(17)18-3/h7-9,11H,4-6H2,1-3H3. The van der Waals surface area contributed by atoms with Crippen LogP contribution in [0.4, 0.5) is 5.82 Å². The summed E-state index contributed by atoms with van der Waals surface area (Å²) in [6.07, 6.45) is 3.38. The molecule has 1 aliphatic rings. The topological polar surface area (TPSA) is 55.3 Å². The van der Waals surface area contributed by atoms with Gasteiger partial charge in [-0.2, -0.15) is 0 Å². The number of esters is 1. The molecule has 2 rings (SSSR count). The maximum atomic E-state index is 11.7. The Morgan fingerprint density at radius 3 is 2.94 bits per heavy atom. The number of ether oxygens (including phenoxy) is 1. The largest absolute Gasteiger partial charge is 0.467 e. The van der Waals surface area contributed by atoms with Gasteiger partial charge < -0.3 is 9.64 Å². The van der Waals surface area contributed by atoms with E-state index in [4.69, 9.17) is 4.74 Å². The third kappa shape index (κ3) is 2.44. The number of aromatic nitrogens is 2. The lowest BCUT2D eigenvalue weighted by molar-refractivity contribution is -0.141. The molecular formula is C13H19N3O2. The fourth-order valence-electron chi connectivity index (χ4n) is 2.26. The molecule has 0 radical (unpaired) electrons. The first-order valence-electron chi connectivity index (χ1n) is 6.30. The van der Waals surface area contributed by atoms with Crippen LogP contribution in [0.3, 0.4) is 0 Å². The van der Waals surface area contributed by atoms with Crippen LogP contribution in [0.15, 0.2) is 12.4 Å². The van der Waals surface area contributed by atoms with Gasteiger partial charge in [-0.1, -0.05) is 13.8 Å². The highest BCUT2D eigenvalue weighted by Crippen LogP contribution is 2.26. The summed E-state index contributed by atoms with van der Waals surface area (Å²) >= 11 is 0. The summed E-state index contributed by atoms with van der Waals surface area (Å²) in [5, 5.41) is 0. The highest BCUT2D eigenvalue weighted by Gasteiger charge is 2.32. The maximum absolute atomic E-state index is 11.7. The first-order valence-corrected chi connectivity index (χ1v) is 6.30.